The maximum absolute atomic E-state index is 14.3. The van der Waals surface area contributed by atoms with Crippen LogP contribution in [0.3, 0.4) is 0 Å². The molecule has 1 unspecified atom stereocenters. The van der Waals surface area contributed by atoms with E-state index >= 15 is 0 Å². The largest absolute Gasteiger partial charge is 0.497 e. The number of rotatable bonds is 6. The Morgan fingerprint density at radius 2 is 1.70 bits per heavy atom. The third-order valence-corrected chi connectivity index (χ3v) is 7.22. The molecule has 0 radical (unpaired) electrons. The number of methoxy groups -OCH3 is 1. The van der Waals surface area contributed by atoms with Crippen molar-refractivity contribution in [2.75, 3.05) is 18.6 Å². The highest BCUT2D eigenvalue weighted by molar-refractivity contribution is 6.03. The van der Waals surface area contributed by atoms with Crippen molar-refractivity contribution in [2.45, 2.75) is 31.8 Å². The summed E-state index contributed by atoms with van der Waals surface area (Å²) in [4.78, 5) is 31.5. The van der Waals surface area contributed by atoms with Gasteiger partial charge < -0.3 is 14.2 Å². The number of benzene rings is 3. The molecule has 0 bridgehead atoms. The third-order valence-electron chi connectivity index (χ3n) is 7.22. The van der Waals surface area contributed by atoms with E-state index in [0.29, 0.717) is 11.3 Å². The van der Waals surface area contributed by atoms with Crippen LogP contribution in [0.2, 0.25) is 0 Å². The molecule has 2 heterocycles. The molecule has 1 aliphatic carbocycles. The monoisotopic (exact) mass is 491 g/mol. The van der Waals surface area contributed by atoms with Gasteiger partial charge in [-0.05, 0) is 67.8 Å². The fourth-order valence-corrected chi connectivity index (χ4v) is 5.31. The molecule has 2 aliphatic rings. The minimum absolute atomic E-state index is 0.0120. The summed E-state index contributed by atoms with van der Waals surface area (Å²) in [5, 5.41) is 0. The van der Waals surface area contributed by atoms with E-state index in [1.165, 1.54) is 0 Å². The number of hydrogen-bond donors (Lipinski definition) is 0. The zero-order chi connectivity index (χ0) is 25.5. The Labute approximate surface area is 216 Å². The number of carbonyl (C=O) groups is 2. The molecule has 2 amide bonds. The zero-order valence-corrected chi connectivity index (χ0v) is 21.0. The van der Waals surface area contributed by atoms with Crippen LogP contribution < -0.4 is 9.64 Å². The van der Waals surface area contributed by atoms with Gasteiger partial charge in [0.15, 0.2) is 0 Å². The summed E-state index contributed by atoms with van der Waals surface area (Å²) in [6.45, 7) is 2.07. The normalized spacial score (nSPS) is 16.1. The molecule has 1 aromatic heterocycles. The van der Waals surface area contributed by atoms with Gasteiger partial charge in [0, 0.05) is 17.8 Å². The number of anilines is 1. The number of aromatic nitrogens is 1. The van der Waals surface area contributed by atoms with E-state index in [0.717, 1.165) is 41.0 Å². The SMILES string of the molecule is COc1cccc(C(=O)N(CC(=O)N2c3ccccc3-n3cccc3C2c2cccc(C)c2)C2CC2)c1. The molecule has 6 heteroatoms. The van der Waals surface area contributed by atoms with Gasteiger partial charge in [-0.2, -0.15) is 0 Å². The van der Waals surface area contributed by atoms with Crippen LogP contribution in [0.1, 0.15) is 46.1 Å². The van der Waals surface area contributed by atoms with Crippen LogP contribution in [-0.4, -0.2) is 41.0 Å². The van der Waals surface area contributed by atoms with E-state index in [9.17, 15) is 9.59 Å². The Bertz CT molecular complexity index is 1490. The second-order valence-electron chi connectivity index (χ2n) is 9.77. The van der Waals surface area contributed by atoms with Crippen molar-refractivity contribution < 1.29 is 14.3 Å². The average Bonchev–Trinajstić information content (AvgIpc) is 3.65. The molecule has 1 saturated carbocycles. The van der Waals surface area contributed by atoms with Crippen LogP contribution in [0.25, 0.3) is 5.69 Å². The standard InChI is InChI=1S/C31H29N3O3/c1-21-8-5-9-22(18-21)30-28-14-7-17-32(28)26-12-3-4-13-27(26)34(30)29(35)20-33(24-15-16-24)31(36)23-10-6-11-25(19-23)37-2/h3-14,17-19,24,30H,15-16,20H2,1-2H3. The molecule has 1 aliphatic heterocycles. The summed E-state index contributed by atoms with van der Waals surface area (Å²) in [6.07, 6.45) is 3.86. The predicted molar refractivity (Wildman–Crippen MR) is 143 cm³/mol. The summed E-state index contributed by atoms with van der Waals surface area (Å²) < 4.78 is 7.49. The summed E-state index contributed by atoms with van der Waals surface area (Å²) in [5.41, 5.74) is 5.52. The quantitative estimate of drug-likeness (QED) is 0.356. The minimum Gasteiger partial charge on any atom is -0.497 e. The lowest BCUT2D eigenvalue weighted by Gasteiger charge is -2.39. The molecule has 3 aromatic carbocycles. The number of ether oxygens (including phenoxy) is 1. The Kier molecular flexibility index (Phi) is 5.80. The van der Waals surface area contributed by atoms with Gasteiger partial charge in [-0.25, -0.2) is 0 Å². The predicted octanol–water partition coefficient (Wildman–Crippen LogP) is 5.54. The lowest BCUT2D eigenvalue weighted by atomic mass is 9.96. The van der Waals surface area contributed by atoms with E-state index in [2.05, 4.69) is 35.8 Å². The van der Waals surface area contributed by atoms with Gasteiger partial charge in [0.2, 0.25) is 5.91 Å². The Morgan fingerprint density at radius 3 is 2.46 bits per heavy atom. The maximum Gasteiger partial charge on any atom is 0.254 e. The molecule has 186 valence electrons. The Balaban J connectivity index is 1.40. The molecule has 0 N–H and O–H groups in total. The first-order valence-electron chi connectivity index (χ1n) is 12.7. The summed E-state index contributed by atoms with van der Waals surface area (Å²) >= 11 is 0. The van der Waals surface area contributed by atoms with Gasteiger partial charge in [-0.1, -0.05) is 48.0 Å². The number of para-hydroxylation sites is 2. The van der Waals surface area contributed by atoms with Gasteiger partial charge >= 0.3 is 0 Å². The highest BCUT2D eigenvalue weighted by atomic mass is 16.5. The minimum atomic E-state index is -0.301. The van der Waals surface area contributed by atoms with Crippen LogP contribution in [0.5, 0.6) is 5.75 Å². The van der Waals surface area contributed by atoms with E-state index in [1.807, 2.05) is 59.6 Å². The maximum atomic E-state index is 14.3. The first kappa shape index (κ1) is 23.1. The van der Waals surface area contributed by atoms with Crippen LogP contribution in [0, 0.1) is 6.92 Å². The molecule has 4 aromatic rings. The second kappa shape index (κ2) is 9.28. The number of fused-ring (bicyclic) bond motifs is 3. The summed E-state index contributed by atoms with van der Waals surface area (Å²) in [6, 6.07) is 27.3. The van der Waals surface area contributed by atoms with E-state index in [4.69, 9.17) is 4.74 Å². The summed E-state index contributed by atoms with van der Waals surface area (Å²) in [5.74, 6) is 0.378. The number of aryl methyl sites for hydroxylation is 1. The third kappa shape index (κ3) is 4.18. The molecule has 0 spiro atoms. The van der Waals surface area contributed by atoms with Crippen LogP contribution in [0.4, 0.5) is 5.69 Å². The molecule has 6 rings (SSSR count). The zero-order valence-electron chi connectivity index (χ0n) is 21.0. The molecule has 1 fully saturated rings. The van der Waals surface area contributed by atoms with Gasteiger partial charge in [0.1, 0.15) is 18.3 Å². The number of amides is 2. The van der Waals surface area contributed by atoms with Crippen LogP contribution >= 0.6 is 0 Å². The van der Waals surface area contributed by atoms with Crippen molar-refractivity contribution >= 4 is 17.5 Å². The fraction of sp³-hybridized carbons (Fsp3) is 0.226. The molecule has 1 atom stereocenters. The fourth-order valence-electron chi connectivity index (χ4n) is 5.31. The topological polar surface area (TPSA) is 54.8 Å². The smallest absolute Gasteiger partial charge is 0.254 e. The van der Waals surface area contributed by atoms with Crippen molar-refractivity contribution in [3.8, 4) is 11.4 Å². The number of nitrogens with zero attached hydrogens (tertiary/aromatic N) is 3. The van der Waals surface area contributed by atoms with E-state index in [1.54, 1.807) is 24.1 Å². The molecular formula is C31H29N3O3. The number of carbonyl (C=O) groups excluding carboxylic acids is 2. The highest BCUT2D eigenvalue weighted by Crippen LogP contribution is 2.42. The Hall–Kier alpha value is -4.32. The van der Waals surface area contributed by atoms with Crippen LogP contribution in [-0.2, 0) is 4.79 Å². The second-order valence-corrected chi connectivity index (χ2v) is 9.77. The van der Waals surface area contributed by atoms with Crippen LogP contribution in [0.15, 0.2) is 91.1 Å². The molecule has 6 nitrogen and oxygen atoms in total. The lowest BCUT2D eigenvalue weighted by molar-refractivity contribution is -0.119. The van der Waals surface area contributed by atoms with Crippen molar-refractivity contribution in [3.05, 3.63) is 114 Å². The average molecular weight is 492 g/mol. The summed E-state index contributed by atoms with van der Waals surface area (Å²) in [7, 11) is 1.58. The van der Waals surface area contributed by atoms with Gasteiger partial charge in [0.05, 0.1) is 24.2 Å². The first-order valence-corrected chi connectivity index (χ1v) is 12.7. The first-order chi connectivity index (χ1) is 18.0. The van der Waals surface area contributed by atoms with Crippen molar-refractivity contribution in [1.29, 1.82) is 0 Å². The van der Waals surface area contributed by atoms with Gasteiger partial charge in [0.25, 0.3) is 5.91 Å². The van der Waals surface area contributed by atoms with E-state index < -0.39 is 0 Å². The number of hydrogen-bond acceptors (Lipinski definition) is 3. The van der Waals surface area contributed by atoms with E-state index in [-0.39, 0.29) is 30.4 Å². The lowest BCUT2D eigenvalue weighted by Crippen LogP contribution is -2.47. The van der Waals surface area contributed by atoms with Crippen molar-refractivity contribution in [3.63, 3.8) is 0 Å². The highest BCUT2D eigenvalue weighted by Gasteiger charge is 2.40. The van der Waals surface area contributed by atoms with Gasteiger partial charge in [-0.3, -0.25) is 14.5 Å². The van der Waals surface area contributed by atoms with Crippen molar-refractivity contribution in [2.24, 2.45) is 0 Å². The molecule has 37 heavy (non-hydrogen) atoms. The molecule has 0 saturated heterocycles. The van der Waals surface area contributed by atoms with Crippen molar-refractivity contribution in [1.82, 2.24) is 9.47 Å². The van der Waals surface area contributed by atoms with Gasteiger partial charge in [-0.15, -0.1) is 0 Å². The molecular weight excluding hydrogens is 462 g/mol. The Morgan fingerprint density at radius 1 is 0.919 bits per heavy atom.